The third-order valence-corrected chi connectivity index (χ3v) is 0.877. The fraction of sp³-hybridized carbons (Fsp3) is 0.667. The van der Waals surface area contributed by atoms with Gasteiger partial charge in [0.2, 0.25) is 0 Å². The third kappa shape index (κ3) is 7.67. The Labute approximate surface area is 70.6 Å². The number of Topliss-reactive ketones (excluding diaryl/α,β-unsaturated/α-hetero) is 1. The Bertz CT molecular complexity index is 122. The molecule has 0 aromatic carbocycles. The van der Waals surface area contributed by atoms with E-state index < -0.39 is 5.97 Å². The number of hydrogen-bond donors (Lipinski definition) is 1. The van der Waals surface area contributed by atoms with E-state index in [9.17, 15) is 9.59 Å². The van der Waals surface area contributed by atoms with Gasteiger partial charge in [-0.25, -0.2) is 0 Å². The fourth-order valence-electron chi connectivity index (χ4n) is 0.536. The molecule has 0 aromatic rings. The van der Waals surface area contributed by atoms with Gasteiger partial charge in [0.15, 0.2) is 17.4 Å². The van der Waals surface area contributed by atoms with Crippen LogP contribution in [0.25, 0.3) is 0 Å². The molecule has 0 aromatic heterocycles. The molecule has 0 aliphatic heterocycles. The lowest BCUT2D eigenvalue weighted by molar-refractivity contribution is -0.140. The van der Waals surface area contributed by atoms with Gasteiger partial charge in [0.25, 0.3) is 0 Å². The van der Waals surface area contributed by atoms with Crippen LogP contribution in [0.3, 0.4) is 0 Å². The minimum atomic E-state index is -1.03. The highest BCUT2D eigenvalue weighted by Crippen LogP contribution is 1.92. The maximum atomic E-state index is 10.5. The molecule has 0 bridgehead atoms. The van der Waals surface area contributed by atoms with Crippen molar-refractivity contribution in [2.45, 2.75) is 26.2 Å². The fourth-order valence-corrected chi connectivity index (χ4v) is 0.536. The van der Waals surface area contributed by atoms with Crippen molar-refractivity contribution in [1.29, 1.82) is 0 Å². The number of ketones is 1. The minimum absolute atomic E-state index is 0. The Hall–Kier alpha value is -0.328. The molecule has 0 heterocycles. The third-order valence-electron chi connectivity index (χ3n) is 0.877. The molecular weight excluding hydrogens is 147 g/mol. The molecular formula is C6H13AlO3. The normalized spacial score (nSPS) is 8.10. The van der Waals surface area contributed by atoms with E-state index in [0.717, 1.165) is 6.42 Å². The summed E-state index contributed by atoms with van der Waals surface area (Å²) in [7, 11) is 0. The Balaban J connectivity index is 0. The molecule has 0 aliphatic carbocycles. The monoisotopic (exact) mass is 160 g/mol. The molecule has 58 valence electrons. The second kappa shape index (κ2) is 6.79. The van der Waals surface area contributed by atoms with Crippen LogP contribution in [0.4, 0.5) is 0 Å². The van der Waals surface area contributed by atoms with E-state index in [0.29, 0.717) is 6.42 Å². The summed E-state index contributed by atoms with van der Waals surface area (Å²) in [6.45, 7) is 1.85. The number of hydrogen-bond acceptors (Lipinski definition) is 2. The van der Waals surface area contributed by atoms with Crippen molar-refractivity contribution < 1.29 is 14.7 Å². The predicted octanol–water partition coefficient (Wildman–Crippen LogP) is -0.354. The first kappa shape index (κ1) is 12.4. The predicted molar refractivity (Wildman–Crippen MR) is 42.1 cm³/mol. The van der Waals surface area contributed by atoms with Crippen molar-refractivity contribution in [3.63, 3.8) is 0 Å². The van der Waals surface area contributed by atoms with E-state index in [1.165, 1.54) is 0 Å². The van der Waals surface area contributed by atoms with E-state index in [2.05, 4.69) is 0 Å². The molecule has 0 unspecified atom stereocenters. The second-order valence-corrected chi connectivity index (χ2v) is 1.86. The van der Waals surface area contributed by atoms with Crippen molar-refractivity contribution in [2.24, 2.45) is 0 Å². The zero-order chi connectivity index (χ0) is 7.28. The summed E-state index contributed by atoms with van der Waals surface area (Å²) in [5.41, 5.74) is 0. The lowest BCUT2D eigenvalue weighted by Crippen LogP contribution is -2.05. The number of carboxylic acids is 1. The number of carbonyl (C=O) groups excluding carboxylic acids is 1. The van der Waals surface area contributed by atoms with Crippen molar-refractivity contribution >= 4 is 29.1 Å². The topological polar surface area (TPSA) is 54.4 Å². The highest BCUT2D eigenvalue weighted by atomic mass is 27.0. The Morgan fingerprint density at radius 3 is 2.20 bits per heavy atom. The van der Waals surface area contributed by atoms with Crippen LogP contribution in [-0.4, -0.2) is 34.2 Å². The van der Waals surface area contributed by atoms with Crippen molar-refractivity contribution in [1.82, 2.24) is 0 Å². The van der Waals surface area contributed by atoms with Crippen molar-refractivity contribution in [2.75, 3.05) is 0 Å². The summed E-state index contributed by atoms with van der Waals surface area (Å²) in [6.07, 6.45) is 0.784. The van der Waals surface area contributed by atoms with Gasteiger partial charge in [0, 0.05) is 6.42 Å². The van der Waals surface area contributed by atoms with Crippen molar-refractivity contribution in [3.05, 3.63) is 0 Å². The van der Waals surface area contributed by atoms with Crippen LogP contribution in [-0.2, 0) is 9.59 Å². The van der Waals surface area contributed by atoms with Gasteiger partial charge in [-0.3, -0.25) is 9.59 Å². The molecule has 0 fully saturated rings. The molecule has 0 spiro atoms. The first-order chi connectivity index (χ1) is 4.16. The van der Waals surface area contributed by atoms with Gasteiger partial charge in [0.05, 0.1) is 0 Å². The van der Waals surface area contributed by atoms with Gasteiger partial charge < -0.3 is 5.11 Å². The van der Waals surface area contributed by atoms with Gasteiger partial charge in [-0.15, -0.1) is 0 Å². The number of carboxylic acid groups (broad SMARTS) is 1. The van der Waals surface area contributed by atoms with E-state index in [1.807, 2.05) is 6.92 Å². The SMILES string of the molecule is CCCC(=O)CC(=O)O.[AlH3]. The second-order valence-electron chi connectivity index (χ2n) is 1.86. The molecule has 0 rings (SSSR count). The van der Waals surface area contributed by atoms with Crippen LogP contribution in [0.2, 0.25) is 0 Å². The summed E-state index contributed by atoms with van der Waals surface area (Å²) in [5.74, 6) is -1.22. The van der Waals surface area contributed by atoms with E-state index >= 15 is 0 Å². The van der Waals surface area contributed by atoms with Crippen LogP contribution in [0.5, 0.6) is 0 Å². The Morgan fingerprint density at radius 1 is 1.40 bits per heavy atom. The lowest BCUT2D eigenvalue weighted by atomic mass is 10.2. The average Bonchev–Trinajstić information content (AvgIpc) is 1.63. The van der Waals surface area contributed by atoms with Crippen LogP contribution >= 0.6 is 0 Å². The minimum Gasteiger partial charge on any atom is -0.481 e. The molecule has 0 radical (unpaired) electrons. The summed E-state index contributed by atoms with van der Waals surface area (Å²) in [5, 5.41) is 8.09. The maximum absolute atomic E-state index is 10.5. The summed E-state index contributed by atoms with van der Waals surface area (Å²) in [6, 6.07) is 0. The smallest absolute Gasteiger partial charge is 0.310 e. The molecule has 0 amide bonds. The Morgan fingerprint density at radius 2 is 1.90 bits per heavy atom. The maximum Gasteiger partial charge on any atom is 0.310 e. The highest BCUT2D eigenvalue weighted by molar-refractivity contribution is 5.94. The van der Waals surface area contributed by atoms with Crippen LogP contribution < -0.4 is 0 Å². The first-order valence-electron chi connectivity index (χ1n) is 2.90. The van der Waals surface area contributed by atoms with Crippen molar-refractivity contribution in [3.8, 4) is 0 Å². The van der Waals surface area contributed by atoms with Gasteiger partial charge in [-0.05, 0) is 6.42 Å². The van der Waals surface area contributed by atoms with E-state index in [-0.39, 0.29) is 29.6 Å². The first-order valence-corrected chi connectivity index (χ1v) is 2.90. The molecule has 0 aliphatic rings. The van der Waals surface area contributed by atoms with Crippen LogP contribution in [0.1, 0.15) is 26.2 Å². The van der Waals surface area contributed by atoms with E-state index in [4.69, 9.17) is 5.11 Å². The zero-order valence-corrected chi connectivity index (χ0v) is 5.39. The van der Waals surface area contributed by atoms with Gasteiger partial charge >= 0.3 is 5.97 Å². The standard InChI is InChI=1S/C6H10O3.Al.3H/c1-2-3-5(7)4-6(8)9;;;;/h2-4H2,1H3,(H,8,9);;;;. The largest absolute Gasteiger partial charge is 0.481 e. The average molecular weight is 160 g/mol. The molecule has 0 saturated carbocycles. The summed E-state index contributed by atoms with van der Waals surface area (Å²) in [4.78, 5) is 20.3. The summed E-state index contributed by atoms with van der Waals surface area (Å²) < 4.78 is 0. The van der Waals surface area contributed by atoms with Crippen LogP contribution in [0.15, 0.2) is 0 Å². The highest BCUT2D eigenvalue weighted by Gasteiger charge is 2.04. The zero-order valence-electron chi connectivity index (χ0n) is 5.39. The quantitative estimate of drug-likeness (QED) is 0.451. The molecule has 4 heteroatoms. The Kier molecular flexibility index (Phi) is 8.39. The molecule has 1 N–H and O–H groups in total. The molecule has 3 nitrogen and oxygen atoms in total. The molecule has 0 atom stereocenters. The molecule has 10 heavy (non-hydrogen) atoms. The number of carbonyl (C=O) groups is 2. The van der Waals surface area contributed by atoms with E-state index in [1.54, 1.807) is 0 Å². The lowest BCUT2D eigenvalue weighted by Gasteiger charge is -1.90. The molecule has 0 saturated heterocycles. The summed E-state index contributed by atoms with van der Waals surface area (Å²) >= 11 is 0. The van der Waals surface area contributed by atoms with Gasteiger partial charge in [-0.2, -0.15) is 0 Å². The van der Waals surface area contributed by atoms with Crippen LogP contribution in [0, 0.1) is 0 Å². The van der Waals surface area contributed by atoms with Gasteiger partial charge in [-0.1, -0.05) is 6.92 Å². The number of rotatable bonds is 4. The number of aliphatic carboxylic acids is 1. The van der Waals surface area contributed by atoms with Gasteiger partial charge in [0.1, 0.15) is 12.2 Å².